The van der Waals surface area contributed by atoms with E-state index in [1.165, 1.54) is 0 Å². The second kappa shape index (κ2) is 8.26. The summed E-state index contributed by atoms with van der Waals surface area (Å²) < 4.78 is 7.35. The predicted molar refractivity (Wildman–Crippen MR) is 124 cm³/mol. The number of rotatable bonds is 6. The number of aliphatic hydroxyl groups is 1. The number of para-hydroxylation sites is 1. The van der Waals surface area contributed by atoms with Gasteiger partial charge in [-0.3, -0.25) is 0 Å². The van der Waals surface area contributed by atoms with Crippen LogP contribution in [0.3, 0.4) is 0 Å². The Kier molecular flexibility index (Phi) is 5.69. The predicted octanol–water partition coefficient (Wildman–Crippen LogP) is 6.55. The molecule has 0 aliphatic rings. The first-order chi connectivity index (χ1) is 14.4. The summed E-state index contributed by atoms with van der Waals surface area (Å²) >= 11 is 8.12. The van der Waals surface area contributed by atoms with Gasteiger partial charge >= 0.3 is 0 Å². The topological polar surface area (TPSA) is 47.3 Å². The Hall–Kier alpha value is -2.60. The van der Waals surface area contributed by atoms with Crippen molar-refractivity contribution in [2.24, 2.45) is 0 Å². The standard InChI is InChI=1S/C24H23ClN2O2S/c1-4-29-17-11-9-16(10-12-17)21-13-14-22(30-21)20-15-23(24(2,3)28)26-27(20)19-8-6-5-7-18(19)25/h5-15,28H,4H2,1-3H3. The lowest BCUT2D eigenvalue weighted by molar-refractivity contribution is 0.0734. The quantitative estimate of drug-likeness (QED) is 0.371. The highest BCUT2D eigenvalue weighted by Gasteiger charge is 2.24. The van der Waals surface area contributed by atoms with Crippen molar-refractivity contribution in [3.05, 3.63) is 77.4 Å². The van der Waals surface area contributed by atoms with Gasteiger partial charge < -0.3 is 9.84 Å². The van der Waals surface area contributed by atoms with Crippen LogP contribution in [-0.4, -0.2) is 21.5 Å². The molecule has 2 heterocycles. The Morgan fingerprint density at radius 3 is 2.40 bits per heavy atom. The number of hydrogen-bond donors (Lipinski definition) is 1. The van der Waals surface area contributed by atoms with E-state index in [2.05, 4.69) is 29.4 Å². The van der Waals surface area contributed by atoms with Crippen LogP contribution in [-0.2, 0) is 5.60 Å². The third-order valence-electron chi connectivity index (χ3n) is 4.73. The molecule has 1 N–H and O–H groups in total. The number of hydrogen-bond acceptors (Lipinski definition) is 4. The lowest BCUT2D eigenvalue weighted by atomic mass is 10.1. The maximum absolute atomic E-state index is 10.5. The molecule has 4 aromatic rings. The first-order valence-corrected chi connectivity index (χ1v) is 11.0. The van der Waals surface area contributed by atoms with Crippen molar-refractivity contribution < 1.29 is 9.84 Å². The highest BCUT2D eigenvalue weighted by molar-refractivity contribution is 7.18. The van der Waals surface area contributed by atoms with Gasteiger partial charge in [-0.25, -0.2) is 4.68 Å². The molecule has 4 nitrogen and oxygen atoms in total. The van der Waals surface area contributed by atoms with Gasteiger partial charge in [-0.2, -0.15) is 5.10 Å². The van der Waals surface area contributed by atoms with Crippen LogP contribution in [0.2, 0.25) is 5.02 Å². The van der Waals surface area contributed by atoms with E-state index in [0.717, 1.165) is 32.4 Å². The summed E-state index contributed by atoms with van der Waals surface area (Å²) in [5.41, 5.74) is 2.33. The van der Waals surface area contributed by atoms with E-state index >= 15 is 0 Å². The van der Waals surface area contributed by atoms with Crippen molar-refractivity contribution in [1.29, 1.82) is 0 Å². The van der Waals surface area contributed by atoms with Crippen LogP contribution in [0.25, 0.3) is 26.7 Å². The molecule has 4 rings (SSSR count). The van der Waals surface area contributed by atoms with E-state index in [1.54, 1.807) is 25.2 Å². The fourth-order valence-electron chi connectivity index (χ4n) is 3.18. The molecule has 154 valence electrons. The first kappa shape index (κ1) is 20.7. The lowest BCUT2D eigenvalue weighted by Gasteiger charge is -2.13. The van der Waals surface area contributed by atoms with Gasteiger partial charge in [0.05, 0.1) is 33.6 Å². The zero-order chi connectivity index (χ0) is 21.3. The molecule has 0 saturated carbocycles. The number of benzene rings is 2. The first-order valence-electron chi connectivity index (χ1n) is 9.78. The molecule has 0 unspecified atom stereocenters. The van der Waals surface area contributed by atoms with Crippen LogP contribution in [0.4, 0.5) is 0 Å². The Bertz CT molecular complexity index is 1160. The number of aromatic nitrogens is 2. The van der Waals surface area contributed by atoms with E-state index in [4.69, 9.17) is 16.3 Å². The molecule has 0 fully saturated rings. The normalized spacial score (nSPS) is 11.6. The van der Waals surface area contributed by atoms with Crippen LogP contribution in [0.15, 0.2) is 66.7 Å². The maximum Gasteiger partial charge on any atom is 0.119 e. The van der Waals surface area contributed by atoms with Gasteiger partial charge in [-0.05, 0) is 80.9 Å². The Morgan fingerprint density at radius 2 is 1.73 bits per heavy atom. The van der Waals surface area contributed by atoms with Crippen molar-refractivity contribution in [3.63, 3.8) is 0 Å². The summed E-state index contributed by atoms with van der Waals surface area (Å²) in [7, 11) is 0. The van der Waals surface area contributed by atoms with Gasteiger partial charge in [-0.15, -0.1) is 11.3 Å². The van der Waals surface area contributed by atoms with Crippen LogP contribution in [0.1, 0.15) is 26.5 Å². The monoisotopic (exact) mass is 438 g/mol. The van der Waals surface area contributed by atoms with Gasteiger partial charge in [0, 0.05) is 4.88 Å². The summed E-state index contributed by atoms with van der Waals surface area (Å²) in [4.78, 5) is 2.19. The van der Waals surface area contributed by atoms with Crippen molar-refractivity contribution >= 4 is 22.9 Å². The van der Waals surface area contributed by atoms with Gasteiger partial charge in [-0.1, -0.05) is 23.7 Å². The molecule has 0 amide bonds. The third kappa shape index (κ3) is 4.15. The van der Waals surface area contributed by atoms with Crippen LogP contribution in [0, 0.1) is 0 Å². The molecular weight excluding hydrogens is 416 g/mol. The molecule has 2 aromatic heterocycles. The largest absolute Gasteiger partial charge is 0.494 e. The zero-order valence-corrected chi connectivity index (χ0v) is 18.7. The van der Waals surface area contributed by atoms with Crippen LogP contribution in [0.5, 0.6) is 5.75 Å². The molecule has 0 atom stereocenters. The Morgan fingerprint density at radius 1 is 1.03 bits per heavy atom. The molecular formula is C24H23ClN2O2S. The minimum absolute atomic E-state index is 0.591. The average molecular weight is 439 g/mol. The molecule has 0 aliphatic carbocycles. The second-order valence-electron chi connectivity index (χ2n) is 7.46. The average Bonchev–Trinajstić information content (AvgIpc) is 3.36. The van der Waals surface area contributed by atoms with E-state index < -0.39 is 5.60 Å². The molecule has 2 aromatic carbocycles. The third-order valence-corrected chi connectivity index (χ3v) is 6.20. The van der Waals surface area contributed by atoms with Crippen molar-refractivity contribution in [2.45, 2.75) is 26.4 Å². The molecule has 0 radical (unpaired) electrons. The van der Waals surface area contributed by atoms with Gasteiger partial charge in [0.15, 0.2) is 0 Å². The van der Waals surface area contributed by atoms with E-state index in [1.807, 2.05) is 54.1 Å². The molecule has 0 bridgehead atoms. The number of ether oxygens (including phenoxy) is 1. The molecule has 6 heteroatoms. The summed E-state index contributed by atoms with van der Waals surface area (Å²) in [6, 6.07) is 21.8. The van der Waals surface area contributed by atoms with Crippen molar-refractivity contribution in [1.82, 2.24) is 9.78 Å². The molecule has 30 heavy (non-hydrogen) atoms. The molecule has 0 spiro atoms. The van der Waals surface area contributed by atoms with Crippen LogP contribution < -0.4 is 4.74 Å². The van der Waals surface area contributed by atoms with Crippen molar-refractivity contribution in [3.8, 4) is 32.4 Å². The lowest BCUT2D eigenvalue weighted by Crippen LogP contribution is -2.16. The highest BCUT2D eigenvalue weighted by atomic mass is 35.5. The summed E-state index contributed by atoms with van der Waals surface area (Å²) in [5, 5.41) is 15.8. The highest BCUT2D eigenvalue weighted by Crippen LogP contribution is 2.38. The Balaban J connectivity index is 1.77. The fourth-order valence-corrected chi connectivity index (χ4v) is 4.40. The Labute approximate surface area is 185 Å². The SMILES string of the molecule is CCOc1ccc(-c2ccc(-c3cc(C(C)(C)O)nn3-c3ccccc3Cl)s2)cc1. The number of nitrogens with zero attached hydrogens (tertiary/aromatic N) is 2. The van der Waals surface area contributed by atoms with Crippen molar-refractivity contribution in [2.75, 3.05) is 6.61 Å². The van der Waals surface area contributed by atoms with E-state index in [0.29, 0.717) is 17.3 Å². The van der Waals surface area contributed by atoms with Crippen LogP contribution >= 0.6 is 22.9 Å². The smallest absolute Gasteiger partial charge is 0.119 e. The van der Waals surface area contributed by atoms with Gasteiger partial charge in [0.2, 0.25) is 0 Å². The molecule has 0 saturated heterocycles. The van der Waals surface area contributed by atoms with E-state index in [9.17, 15) is 5.11 Å². The number of halogens is 1. The summed E-state index contributed by atoms with van der Waals surface area (Å²) in [6.45, 7) is 6.09. The molecule has 0 aliphatic heterocycles. The zero-order valence-electron chi connectivity index (χ0n) is 17.1. The maximum atomic E-state index is 10.5. The van der Waals surface area contributed by atoms with Gasteiger partial charge in [0.1, 0.15) is 11.4 Å². The summed E-state index contributed by atoms with van der Waals surface area (Å²) in [6.07, 6.45) is 0. The second-order valence-corrected chi connectivity index (χ2v) is 8.95. The summed E-state index contributed by atoms with van der Waals surface area (Å²) in [5.74, 6) is 0.865. The fraction of sp³-hybridized carbons (Fsp3) is 0.208. The van der Waals surface area contributed by atoms with Gasteiger partial charge in [0.25, 0.3) is 0 Å². The minimum Gasteiger partial charge on any atom is -0.494 e. The number of thiophene rings is 1. The minimum atomic E-state index is -1.06. The van der Waals surface area contributed by atoms with E-state index in [-0.39, 0.29) is 0 Å².